The van der Waals surface area contributed by atoms with Crippen LogP contribution in [-0.2, 0) is 0 Å². The fourth-order valence-corrected chi connectivity index (χ4v) is 2.06. The Kier molecular flexibility index (Phi) is 5.51. The molecule has 0 fully saturated rings. The molecule has 2 rings (SSSR count). The van der Waals surface area contributed by atoms with Crippen LogP contribution in [0, 0.1) is 21.7 Å². The molecule has 0 radical (unpaired) electrons. The average Bonchev–Trinajstić information content (AvgIpc) is 2.54. The normalized spacial score (nSPS) is 11.7. The maximum atomic E-state index is 13.8. The number of nitrogens with zero attached hydrogens (tertiary/aromatic N) is 1. The summed E-state index contributed by atoms with van der Waals surface area (Å²) in [5.41, 5.74) is -0.727. The Morgan fingerprint density at radius 1 is 1.25 bits per heavy atom. The van der Waals surface area contributed by atoms with Crippen LogP contribution in [0.2, 0.25) is 0 Å². The van der Waals surface area contributed by atoms with E-state index in [2.05, 4.69) is 5.32 Å². The standard InChI is InChI=1S/C16H16F2N2O4/c1-10(24-15-6-4-3-5-12(15)17)9-19-14-8-11(23-2)7-13(18)16(14)20(21)22/h3-8,10,19H,9H2,1-2H3. The molecule has 0 bridgehead atoms. The highest BCUT2D eigenvalue weighted by Crippen LogP contribution is 2.32. The first-order valence-corrected chi connectivity index (χ1v) is 7.09. The van der Waals surface area contributed by atoms with Crippen molar-refractivity contribution in [1.82, 2.24) is 0 Å². The molecule has 0 saturated heterocycles. The zero-order chi connectivity index (χ0) is 17.7. The van der Waals surface area contributed by atoms with Crippen molar-refractivity contribution in [2.75, 3.05) is 19.0 Å². The van der Waals surface area contributed by atoms with Gasteiger partial charge in [-0.25, -0.2) is 4.39 Å². The largest absolute Gasteiger partial charge is 0.497 e. The molecule has 0 aliphatic heterocycles. The maximum Gasteiger partial charge on any atom is 0.327 e. The Morgan fingerprint density at radius 3 is 2.58 bits per heavy atom. The molecule has 0 amide bonds. The molecule has 0 heterocycles. The molecule has 0 aliphatic carbocycles. The van der Waals surface area contributed by atoms with Crippen molar-refractivity contribution in [1.29, 1.82) is 0 Å². The van der Waals surface area contributed by atoms with Crippen molar-refractivity contribution in [3.05, 3.63) is 58.1 Å². The number of benzene rings is 2. The summed E-state index contributed by atoms with van der Waals surface area (Å²) >= 11 is 0. The van der Waals surface area contributed by atoms with E-state index in [4.69, 9.17) is 9.47 Å². The zero-order valence-corrected chi connectivity index (χ0v) is 13.1. The van der Waals surface area contributed by atoms with Gasteiger partial charge in [0.15, 0.2) is 11.6 Å². The van der Waals surface area contributed by atoms with Crippen LogP contribution in [0.4, 0.5) is 20.2 Å². The second kappa shape index (κ2) is 7.58. The van der Waals surface area contributed by atoms with Gasteiger partial charge in [0.2, 0.25) is 5.82 Å². The Bertz CT molecular complexity index is 740. The van der Waals surface area contributed by atoms with Gasteiger partial charge >= 0.3 is 5.69 Å². The molecule has 0 aliphatic rings. The van der Waals surface area contributed by atoms with Crippen molar-refractivity contribution < 1.29 is 23.2 Å². The number of nitro benzene ring substituents is 1. The first kappa shape index (κ1) is 17.5. The average molecular weight is 338 g/mol. The summed E-state index contributed by atoms with van der Waals surface area (Å²) in [5.74, 6) is -1.31. The van der Waals surface area contributed by atoms with E-state index in [1.54, 1.807) is 13.0 Å². The lowest BCUT2D eigenvalue weighted by atomic mass is 10.2. The highest BCUT2D eigenvalue weighted by atomic mass is 19.1. The van der Waals surface area contributed by atoms with Crippen LogP contribution >= 0.6 is 0 Å². The van der Waals surface area contributed by atoms with Gasteiger partial charge in [-0.1, -0.05) is 12.1 Å². The first-order chi connectivity index (χ1) is 11.4. The number of rotatable bonds is 7. The van der Waals surface area contributed by atoms with Gasteiger partial charge in [0, 0.05) is 12.1 Å². The summed E-state index contributed by atoms with van der Waals surface area (Å²) in [4.78, 5) is 10.2. The molecule has 24 heavy (non-hydrogen) atoms. The summed E-state index contributed by atoms with van der Waals surface area (Å²) in [6, 6.07) is 8.14. The van der Waals surface area contributed by atoms with Gasteiger partial charge in [-0.05, 0) is 19.1 Å². The van der Waals surface area contributed by atoms with Gasteiger partial charge in [-0.15, -0.1) is 0 Å². The van der Waals surface area contributed by atoms with Crippen LogP contribution in [-0.4, -0.2) is 24.7 Å². The van der Waals surface area contributed by atoms with Gasteiger partial charge < -0.3 is 14.8 Å². The maximum absolute atomic E-state index is 13.8. The van der Waals surface area contributed by atoms with E-state index in [-0.39, 0.29) is 23.7 Å². The second-order valence-corrected chi connectivity index (χ2v) is 5.00. The molecule has 2 aromatic carbocycles. The van der Waals surface area contributed by atoms with E-state index in [1.807, 2.05) is 0 Å². The number of nitrogens with one attached hydrogen (secondary N) is 1. The molecule has 128 valence electrons. The molecule has 6 nitrogen and oxygen atoms in total. The Balaban J connectivity index is 2.12. The lowest BCUT2D eigenvalue weighted by molar-refractivity contribution is -0.386. The van der Waals surface area contributed by atoms with Gasteiger partial charge in [0.05, 0.1) is 18.6 Å². The number of hydrogen-bond acceptors (Lipinski definition) is 5. The Morgan fingerprint density at radius 2 is 1.96 bits per heavy atom. The van der Waals surface area contributed by atoms with Crippen molar-refractivity contribution in [2.24, 2.45) is 0 Å². The van der Waals surface area contributed by atoms with Gasteiger partial charge in [-0.3, -0.25) is 10.1 Å². The molecular formula is C16H16F2N2O4. The molecule has 0 aromatic heterocycles. The van der Waals surface area contributed by atoms with Crippen molar-refractivity contribution >= 4 is 11.4 Å². The van der Waals surface area contributed by atoms with Gasteiger partial charge in [0.1, 0.15) is 17.5 Å². The number of ether oxygens (including phenoxy) is 2. The third-order valence-corrected chi connectivity index (χ3v) is 3.20. The number of hydrogen-bond donors (Lipinski definition) is 1. The number of nitro groups is 1. The summed E-state index contributed by atoms with van der Waals surface area (Å²) < 4.78 is 37.7. The Hall–Kier alpha value is -2.90. The zero-order valence-electron chi connectivity index (χ0n) is 13.1. The third-order valence-electron chi connectivity index (χ3n) is 3.20. The van der Waals surface area contributed by atoms with E-state index >= 15 is 0 Å². The summed E-state index contributed by atoms with van der Waals surface area (Å²) in [6.45, 7) is 1.75. The first-order valence-electron chi connectivity index (χ1n) is 7.09. The minimum absolute atomic E-state index is 0.0409. The Labute approximate surface area is 137 Å². The molecule has 0 spiro atoms. The van der Waals surface area contributed by atoms with Crippen LogP contribution < -0.4 is 14.8 Å². The SMILES string of the molecule is COc1cc(F)c([N+](=O)[O-])c(NCC(C)Oc2ccccc2F)c1. The lowest BCUT2D eigenvalue weighted by Gasteiger charge is -2.17. The third kappa shape index (κ3) is 4.09. The fourth-order valence-electron chi connectivity index (χ4n) is 2.06. The minimum Gasteiger partial charge on any atom is -0.497 e. The van der Waals surface area contributed by atoms with Gasteiger partial charge in [-0.2, -0.15) is 4.39 Å². The molecule has 1 N–H and O–H groups in total. The molecule has 1 atom stereocenters. The monoisotopic (exact) mass is 338 g/mol. The number of anilines is 1. The highest BCUT2D eigenvalue weighted by Gasteiger charge is 2.22. The predicted molar refractivity (Wildman–Crippen MR) is 84.6 cm³/mol. The molecule has 0 saturated carbocycles. The topological polar surface area (TPSA) is 73.6 Å². The molecule has 1 unspecified atom stereocenters. The van der Waals surface area contributed by atoms with Crippen LogP contribution in [0.15, 0.2) is 36.4 Å². The van der Waals surface area contributed by atoms with E-state index in [0.29, 0.717) is 0 Å². The van der Waals surface area contributed by atoms with E-state index in [1.165, 1.54) is 31.4 Å². The predicted octanol–water partition coefficient (Wildman–Crippen LogP) is 3.76. The van der Waals surface area contributed by atoms with Crippen molar-refractivity contribution in [3.8, 4) is 11.5 Å². The second-order valence-electron chi connectivity index (χ2n) is 5.00. The van der Waals surface area contributed by atoms with Crippen LogP contribution in [0.25, 0.3) is 0 Å². The highest BCUT2D eigenvalue weighted by molar-refractivity contribution is 5.65. The van der Waals surface area contributed by atoms with Crippen molar-refractivity contribution in [2.45, 2.75) is 13.0 Å². The summed E-state index contributed by atoms with van der Waals surface area (Å²) in [7, 11) is 1.33. The smallest absolute Gasteiger partial charge is 0.327 e. The summed E-state index contributed by atoms with van der Waals surface area (Å²) in [6.07, 6.45) is -0.518. The minimum atomic E-state index is -1.01. The van der Waals surface area contributed by atoms with Crippen LogP contribution in [0.1, 0.15) is 6.92 Å². The molecule has 2 aromatic rings. The van der Waals surface area contributed by atoms with E-state index < -0.39 is 28.3 Å². The number of para-hydroxylation sites is 1. The van der Waals surface area contributed by atoms with Crippen molar-refractivity contribution in [3.63, 3.8) is 0 Å². The van der Waals surface area contributed by atoms with Crippen LogP contribution in [0.5, 0.6) is 11.5 Å². The van der Waals surface area contributed by atoms with E-state index in [0.717, 1.165) is 6.07 Å². The van der Waals surface area contributed by atoms with Crippen LogP contribution in [0.3, 0.4) is 0 Å². The van der Waals surface area contributed by atoms with Gasteiger partial charge in [0.25, 0.3) is 0 Å². The number of methoxy groups -OCH3 is 1. The molecule has 8 heteroatoms. The fraction of sp³-hybridized carbons (Fsp3) is 0.250. The number of halogens is 2. The lowest BCUT2D eigenvalue weighted by Crippen LogP contribution is -2.23. The quantitative estimate of drug-likeness (QED) is 0.615. The van der Waals surface area contributed by atoms with E-state index in [9.17, 15) is 18.9 Å². The summed E-state index contributed by atoms with van der Waals surface area (Å²) in [5, 5.41) is 13.8. The molecular weight excluding hydrogens is 322 g/mol.